The zero-order chi connectivity index (χ0) is 23.2. The van der Waals surface area contributed by atoms with E-state index < -0.39 is 17.4 Å². The monoisotopic (exact) mass is 452 g/mol. The van der Waals surface area contributed by atoms with Crippen LogP contribution in [0.3, 0.4) is 0 Å². The molecule has 0 radical (unpaired) electrons. The summed E-state index contributed by atoms with van der Waals surface area (Å²) in [6.45, 7) is -0.355. The smallest absolute Gasteiger partial charge is 0.310 e. The van der Waals surface area contributed by atoms with E-state index >= 15 is 0 Å². The van der Waals surface area contributed by atoms with Crippen LogP contribution < -0.4 is 5.56 Å². The summed E-state index contributed by atoms with van der Waals surface area (Å²) in [5, 5.41) is 13.4. The van der Waals surface area contributed by atoms with E-state index in [2.05, 4.69) is 30.0 Å². The third-order valence-corrected chi connectivity index (χ3v) is 5.75. The van der Waals surface area contributed by atoms with E-state index in [1.165, 1.54) is 12.1 Å². The number of rotatable bonds is 4. The lowest BCUT2D eigenvalue weighted by Crippen LogP contribution is -2.28. The normalized spacial score (nSPS) is 18.1. The summed E-state index contributed by atoms with van der Waals surface area (Å²) >= 11 is 0. The highest BCUT2D eigenvalue weighted by atomic mass is 19.4. The summed E-state index contributed by atoms with van der Waals surface area (Å²) in [4.78, 5) is 32.1. The van der Waals surface area contributed by atoms with Crippen molar-refractivity contribution in [2.75, 3.05) is 0 Å². The van der Waals surface area contributed by atoms with Crippen LogP contribution in [-0.4, -0.2) is 34.7 Å². The number of nitrogens with one attached hydrogen (secondary N) is 1. The quantitative estimate of drug-likeness (QED) is 0.505. The fourth-order valence-corrected chi connectivity index (χ4v) is 4.08. The predicted molar refractivity (Wildman–Crippen MR) is 108 cm³/mol. The molecule has 4 aromatic heterocycles. The molecule has 4 heterocycles. The zero-order valence-corrected chi connectivity index (χ0v) is 16.9. The molecule has 0 aliphatic heterocycles. The van der Waals surface area contributed by atoms with Gasteiger partial charge in [0, 0.05) is 36.0 Å². The van der Waals surface area contributed by atoms with Crippen LogP contribution in [0.4, 0.5) is 13.2 Å². The molecular formula is C21H15F3N8O. The summed E-state index contributed by atoms with van der Waals surface area (Å²) in [7, 11) is 0. The topological polar surface area (TPSA) is 126 Å². The second-order valence-electron chi connectivity index (χ2n) is 7.67. The van der Waals surface area contributed by atoms with E-state index in [0.717, 1.165) is 23.7 Å². The van der Waals surface area contributed by atoms with Crippen molar-refractivity contribution in [3.8, 4) is 6.07 Å². The molecule has 1 aliphatic rings. The van der Waals surface area contributed by atoms with Crippen LogP contribution in [0, 0.1) is 11.3 Å². The van der Waals surface area contributed by atoms with Gasteiger partial charge in [-0.2, -0.15) is 23.5 Å². The zero-order valence-electron chi connectivity index (χ0n) is 16.9. The van der Waals surface area contributed by atoms with Crippen LogP contribution in [0.5, 0.6) is 0 Å². The maximum absolute atomic E-state index is 13.4. The minimum absolute atomic E-state index is 0.0434. The van der Waals surface area contributed by atoms with Crippen LogP contribution in [-0.2, 0) is 12.7 Å². The van der Waals surface area contributed by atoms with Crippen LogP contribution >= 0.6 is 0 Å². The number of hydrogen-bond donors (Lipinski definition) is 1. The second kappa shape index (κ2) is 7.77. The highest BCUT2D eigenvalue weighted by Crippen LogP contribution is 2.46. The van der Waals surface area contributed by atoms with Crippen LogP contribution in [0.2, 0.25) is 0 Å². The Morgan fingerprint density at radius 3 is 2.52 bits per heavy atom. The first-order valence-electron chi connectivity index (χ1n) is 10.1. The Balaban J connectivity index is 1.60. The molecule has 33 heavy (non-hydrogen) atoms. The van der Waals surface area contributed by atoms with Crippen molar-refractivity contribution < 1.29 is 13.2 Å². The average Bonchev–Trinajstić information content (AvgIpc) is 3.11. The molecule has 0 spiro atoms. The fraction of sp³-hybridized carbons (Fsp3) is 0.286. The molecule has 166 valence electrons. The average molecular weight is 452 g/mol. The number of halogens is 3. The first kappa shape index (κ1) is 20.7. The van der Waals surface area contributed by atoms with Crippen molar-refractivity contribution in [3.63, 3.8) is 0 Å². The molecule has 0 amide bonds. The molecule has 0 unspecified atom stereocenters. The number of pyridine rings is 1. The Morgan fingerprint density at radius 2 is 1.85 bits per heavy atom. The number of H-pyrrole nitrogens is 1. The summed E-state index contributed by atoms with van der Waals surface area (Å²) in [6.07, 6.45) is 1.20. The van der Waals surface area contributed by atoms with Gasteiger partial charge in [0.05, 0.1) is 6.54 Å². The standard InChI is InChI=1S/C21H15F3N8O/c22-21(23,24)16-11(3-1-6-26-16)10-32-19-15(14(9-25)31-32)20(33)30-18(29-19)13-5-4-12(13)17-27-7-2-8-28-17/h1-3,6-8,12-13H,4-5,10H2,(H,29,30,33)/t12-,13-/m0/s1. The van der Waals surface area contributed by atoms with Crippen LogP contribution in [0.15, 0.2) is 41.6 Å². The highest BCUT2D eigenvalue weighted by molar-refractivity contribution is 5.80. The third kappa shape index (κ3) is 3.61. The summed E-state index contributed by atoms with van der Waals surface area (Å²) in [5.41, 5.74) is -1.94. The Morgan fingerprint density at radius 1 is 1.12 bits per heavy atom. The van der Waals surface area contributed by atoms with E-state index in [-0.39, 0.29) is 40.7 Å². The molecule has 5 rings (SSSR count). The van der Waals surface area contributed by atoms with Crippen molar-refractivity contribution in [1.29, 1.82) is 5.26 Å². The van der Waals surface area contributed by atoms with Gasteiger partial charge in [-0.05, 0) is 25.0 Å². The SMILES string of the molecule is N#Cc1nn(Cc2cccnc2C(F)(F)F)c2nc([C@H]3CC[C@@H]3c3ncccn3)[nH]c(=O)c12. The first-order valence-corrected chi connectivity index (χ1v) is 10.1. The van der Waals surface area contributed by atoms with Gasteiger partial charge in [0.1, 0.15) is 28.8 Å². The van der Waals surface area contributed by atoms with Gasteiger partial charge in [-0.15, -0.1) is 0 Å². The van der Waals surface area contributed by atoms with E-state index in [1.54, 1.807) is 18.5 Å². The maximum Gasteiger partial charge on any atom is 0.433 e. The Kier molecular flexibility index (Phi) is 4.88. The van der Waals surface area contributed by atoms with Crippen molar-refractivity contribution in [2.24, 2.45) is 0 Å². The number of alkyl halides is 3. The van der Waals surface area contributed by atoms with Gasteiger partial charge in [-0.1, -0.05) is 6.07 Å². The molecule has 1 aliphatic carbocycles. The van der Waals surface area contributed by atoms with Gasteiger partial charge in [0.25, 0.3) is 5.56 Å². The summed E-state index contributed by atoms with van der Waals surface area (Å²) in [6, 6.07) is 6.19. The van der Waals surface area contributed by atoms with Crippen molar-refractivity contribution in [1.82, 2.24) is 34.7 Å². The Labute approximate surface area is 184 Å². The van der Waals surface area contributed by atoms with Crippen LogP contribution in [0.1, 0.15) is 53.3 Å². The van der Waals surface area contributed by atoms with Gasteiger partial charge in [-0.3, -0.25) is 9.78 Å². The molecule has 9 nitrogen and oxygen atoms in total. The molecule has 0 saturated heterocycles. The van der Waals surface area contributed by atoms with E-state index in [4.69, 9.17) is 0 Å². The molecule has 1 N–H and O–H groups in total. The van der Waals surface area contributed by atoms with Crippen molar-refractivity contribution in [3.05, 3.63) is 75.7 Å². The van der Waals surface area contributed by atoms with E-state index in [0.29, 0.717) is 11.6 Å². The second-order valence-corrected chi connectivity index (χ2v) is 7.67. The number of hydrogen-bond acceptors (Lipinski definition) is 7. The van der Waals surface area contributed by atoms with Gasteiger partial charge < -0.3 is 4.98 Å². The molecule has 2 atom stereocenters. The summed E-state index contributed by atoms with van der Waals surface area (Å²) < 4.78 is 41.3. The van der Waals surface area contributed by atoms with E-state index in [9.17, 15) is 23.2 Å². The highest BCUT2D eigenvalue weighted by Gasteiger charge is 2.38. The maximum atomic E-state index is 13.4. The number of aromatic nitrogens is 7. The number of aromatic amines is 1. The van der Waals surface area contributed by atoms with Gasteiger partial charge >= 0.3 is 6.18 Å². The third-order valence-electron chi connectivity index (χ3n) is 5.75. The minimum atomic E-state index is -4.66. The number of nitrogens with zero attached hydrogens (tertiary/aromatic N) is 7. The van der Waals surface area contributed by atoms with Crippen molar-refractivity contribution >= 4 is 11.0 Å². The molecule has 0 aromatic carbocycles. The van der Waals surface area contributed by atoms with Gasteiger partial charge in [-0.25, -0.2) is 19.6 Å². The van der Waals surface area contributed by atoms with E-state index in [1.807, 2.05) is 6.07 Å². The predicted octanol–water partition coefficient (Wildman–Crippen LogP) is 2.90. The Bertz CT molecular complexity index is 1440. The lowest BCUT2D eigenvalue weighted by Gasteiger charge is -2.34. The largest absolute Gasteiger partial charge is 0.433 e. The molecule has 4 aromatic rings. The molecule has 12 heteroatoms. The lowest BCUT2D eigenvalue weighted by atomic mass is 9.72. The van der Waals surface area contributed by atoms with Gasteiger partial charge in [0.2, 0.25) is 0 Å². The molecular weight excluding hydrogens is 437 g/mol. The molecule has 1 fully saturated rings. The van der Waals surface area contributed by atoms with Crippen LogP contribution in [0.25, 0.3) is 11.0 Å². The Hall–Kier alpha value is -4.14. The summed E-state index contributed by atoms with van der Waals surface area (Å²) in [5.74, 6) is 0.785. The fourth-order valence-electron chi connectivity index (χ4n) is 4.08. The number of fused-ring (bicyclic) bond motifs is 1. The van der Waals surface area contributed by atoms with Gasteiger partial charge in [0.15, 0.2) is 11.3 Å². The molecule has 1 saturated carbocycles. The lowest BCUT2D eigenvalue weighted by molar-refractivity contribution is -0.141. The first-order chi connectivity index (χ1) is 15.9. The number of nitriles is 1. The molecule has 0 bridgehead atoms. The van der Waals surface area contributed by atoms with Crippen molar-refractivity contribution in [2.45, 2.75) is 37.4 Å². The minimum Gasteiger partial charge on any atom is -0.310 e.